The van der Waals surface area contributed by atoms with Crippen LogP contribution in [0.25, 0.3) is 0 Å². The third kappa shape index (κ3) is 6.14. The standard InChI is InChI=1S/C30H30ClF2N5O4/c1-15-10-18(12-22(33)26(15)42-24-11-16(2)36-37-28(24)40)27(39)35-17(3)29(41)38-23(8-9-25(38)30(4,5)14-34)20-13-19(31)6-7-21(20)32/h6-7,10-13,17,23,25H,8-9H2,1-5H3,(H,35,39)(H,37,40)/t17?,23-,25+/m0/s1. The average Bonchev–Trinajstić information content (AvgIpc) is 3.39. The van der Waals surface area contributed by atoms with Crippen LogP contribution < -0.4 is 15.6 Å². The minimum Gasteiger partial charge on any atom is -0.448 e. The average molecular weight is 598 g/mol. The van der Waals surface area contributed by atoms with Gasteiger partial charge in [-0.3, -0.25) is 14.4 Å². The molecule has 2 heterocycles. The molecule has 0 saturated carbocycles. The van der Waals surface area contributed by atoms with Crippen molar-refractivity contribution in [2.75, 3.05) is 0 Å². The fraction of sp³-hybridized carbons (Fsp3) is 0.367. The topological polar surface area (TPSA) is 128 Å². The Morgan fingerprint density at radius 2 is 1.90 bits per heavy atom. The van der Waals surface area contributed by atoms with Gasteiger partial charge in [-0.05, 0) is 83.4 Å². The molecule has 1 fully saturated rings. The zero-order valence-electron chi connectivity index (χ0n) is 23.7. The first-order valence-corrected chi connectivity index (χ1v) is 13.6. The van der Waals surface area contributed by atoms with Gasteiger partial charge >= 0.3 is 5.56 Å². The minimum atomic E-state index is -1.10. The maximum absolute atomic E-state index is 15.1. The van der Waals surface area contributed by atoms with Crippen LogP contribution >= 0.6 is 11.6 Å². The first-order chi connectivity index (χ1) is 19.7. The summed E-state index contributed by atoms with van der Waals surface area (Å²) in [6, 6.07) is 7.63. The molecule has 0 radical (unpaired) electrons. The van der Waals surface area contributed by atoms with Gasteiger partial charge in [-0.2, -0.15) is 10.4 Å². The molecule has 220 valence electrons. The molecule has 1 saturated heterocycles. The van der Waals surface area contributed by atoms with Crippen LogP contribution in [0.3, 0.4) is 0 Å². The molecule has 0 bridgehead atoms. The fourth-order valence-electron chi connectivity index (χ4n) is 5.20. The van der Waals surface area contributed by atoms with Crippen molar-refractivity contribution >= 4 is 23.4 Å². The summed E-state index contributed by atoms with van der Waals surface area (Å²) in [6.07, 6.45) is 0.834. The van der Waals surface area contributed by atoms with Gasteiger partial charge in [0.05, 0.1) is 29.3 Å². The number of rotatable bonds is 7. The van der Waals surface area contributed by atoms with E-state index in [-0.39, 0.29) is 28.2 Å². The zero-order chi connectivity index (χ0) is 30.9. The SMILES string of the molecule is Cc1cc(Oc2c(C)cc(C(=O)NC(C)C(=O)N3[C@H](c4cc(Cl)ccc4F)CC[C@@H]3C(C)(C)C#N)cc2F)c(=O)[nH]n1. The highest BCUT2D eigenvalue weighted by atomic mass is 35.5. The Balaban J connectivity index is 1.58. The number of benzene rings is 2. The molecular weight excluding hydrogens is 568 g/mol. The van der Waals surface area contributed by atoms with E-state index in [0.717, 1.165) is 6.07 Å². The number of aromatic nitrogens is 2. The Morgan fingerprint density at radius 1 is 1.19 bits per heavy atom. The molecule has 3 aromatic rings. The summed E-state index contributed by atoms with van der Waals surface area (Å²) in [4.78, 5) is 40.4. The van der Waals surface area contributed by atoms with Crippen LogP contribution in [0.2, 0.25) is 5.02 Å². The maximum atomic E-state index is 15.1. The Kier molecular flexibility index (Phi) is 8.68. The predicted octanol–water partition coefficient (Wildman–Crippen LogP) is 5.51. The molecule has 1 aliphatic rings. The summed E-state index contributed by atoms with van der Waals surface area (Å²) < 4.78 is 35.4. The molecule has 4 rings (SSSR count). The number of hydrogen-bond acceptors (Lipinski definition) is 6. The number of aromatic amines is 1. The molecule has 2 N–H and O–H groups in total. The summed E-state index contributed by atoms with van der Waals surface area (Å²) >= 11 is 6.13. The van der Waals surface area contributed by atoms with Crippen molar-refractivity contribution in [2.45, 2.75) is 65.6 Å². The molecule has 42 heavy (non-hydrogen) atoms. The molecule has 1 aliphatic heterocycles. The van der Waals surface area contributed by atoms with E-state index in [2.05, 4.69) is 21.6 Å². The highest BCUT2D eigenvalue weighted by Gasteiger charge is 2.47. The number of carbonyl (C=O) groups excluding carboxylic acids is 2. The second kappa shape index (κ2) is 11.9. The Hall–Kier alpha value is -4.30. The number of nitrogens with one attached hydrogen (secondary N) is 2. The summed E-state index contributed by atoms with van der Waals surface area (Å²) in [5.74, 6) is -3.08. The van der Waals surface area contributed by atoms with E-state index in [0.29, 0.717) is 23.6 Å². The van der Waals surface area contributed by atoms with E-state index < -0.39 is 52.5 Å². The van der Waals surface area contributed by atoms with Crippen molar-refractivity contribution in [3.63, 3.8) is 0 Å². The van der Waals surface area contributed by atoms with Crippen LogP contribution in [0.4, 0.5) is 8.78 Å². The lowest BCUT2D eigenvalue weighted by atomic mass is 9.84. The zero-order valence-corrected chi connectivity index (χ0v) is 24.5. The monoisotopic (exact) mass is 597 g/mol. The molecule has 2 aromatic carbocycles. The Morgan fingerprint density at radius 3 is 2.57 bits per heavy atom. The molecular formula is C30H30ClF2N5O4. The van der Waals surface area contributed by atoms with Crippen molar-refractivity contribution < 1.29 is 23.1 Å². The lowest BCUT2D eigenvalue weighted by Crippen LogP contribution is -2.52. The number of halogens is 3. The molecule has 1 unspecified atom stereocenters. The summed E-state index contributed by atoms with van der Waals surface area (Å²) in [5, 5.41) is 18.7. The van der Waals surface area contributed by atoms with Gasteiger partial charge in [0, 0.05) is 22.2 Å². The van der Waals surface area contributed by atoms with Gasteiger partial charge < -0.3 is 15.0 Å². The Bertz CT molecular complexity index is 1630. The van der Waals surface area contributed by atoms with Crippen LogP contribution in [0.15, 0.2) is 41.2 Å². The van der Waals surface area contributed by atoms with Crippen molar-refractivity contribution in [3.05, 3.63) is 85.8 Å². The quantitative estimate of drug-likeness (QED) is 0.369. The van der Waals surface area contributed by atoms with Gasteiger partial charge in [0.2, 0.25) is 5.91 Å². The van der Waals surface area contributed by atoms with E-state index in [1.807, 2.05) is 0 Å². The number of amides is 2. The van der Waals surface area contributed by atoms with Crippen LogP contribution in [0.5, 0.6) is 11.5 Å². The van der Waals surface area contributed by atoms with E-state index in [9.17, 15) is 24.0 Å². The molecule has 3 atom stereocenters. The van der Waals surface area contributed by atoms with Gasteiger partial charge in [-0.15, -0.1) is 0 Å². The van der Waals surface area contributed by atoms with Crippen molar-refractivity contribution in [1.82, 2.24) is 20.4 Å². The fourth-order valence-corrected chi connectivity index (χ4v) is 5.38. The first kappa shape index (κ1) is 30.7. The van der Waals surface area contributed by atoms with E-state index in [1.54, 1.807) is 20.8 Å². The van der Waals surface area contributed by atoms with Crippen molar-refractivity contribution in [1.29, 1.82) is 5.26 Å². The summed E-state index contributed by atoms with van der Waals surface area (Å²) in [5.41, 5.74) is -0.777. The molecule has 1 aromatic heterocycles. The van der Waals surface area contributed by atoms with Crippen LogP contribution in [-0.4, -0.2) is 39.0 Å². The Labute approximate surface area is 246 Å². The highest BCUT2D eigenvalue weighted by molar-refractivity contribution is 6.30. The van der Waals surface area contributed by atoms with E-state index >= 15 is 4.39 Å². The van der Waals surface area contributed by atoms with E-state index in [1.165, 1.54) is 49.1 Å². The number of nitrogens with zero attached hydrogens (tertiary/aromatic N) is 3. The number of carbonyl (C=O) groups is 2. The third-order valence-corrected chi connectivity index (χ3v) is 7.63. The smallest absolute Gasteiger partial charge is 0.307 e. The summed E-state index contributed by atoms with van der Waals surface area (Å²) in [6.45, 7) is 8.01. The molecule has 2 amide bonds. The van der Waals surface area contributed by atoms with Crippen LogP contribution in [-0.2, 0) is 4.79 Å². The molecule has 12 heteroatoms. The van der Waals surface area contributed by atoms with Crippen LogP contribution in [0.1, 0.15) is 66.8 Å². The van der Waals surface area contributed by atoms with Gasteiger partial charge in [0.15, 0.2) is 17.3 Å². The normalized spacial score (nSPS) is 17.5. The molecule has 0 spiro atoms. The number of H-pyrrole nitrogens is 1. The van der Waals surface area contributed by atoms with E-state index in [4.69, 9.17) is 16.3 Å². The maximum Gasteiger partial charge on any atom is 0.307 e. The summed E-state index contributed by atoms with van der Waals surface area (Å²) in [7, 11) is 0. The molecule has 0 aliphatic carbocycles. The number of aryl methyl sites for hydroxylation is 2. The van der Waals surface area contributed by atoms with Gasteiger partial charge in [-0.1, -0.05) is 11.6 Å². The van der Waals surface area contributed by atoms with Gasteiger partial charge in [0.25, 0.3) is 5.91 Å². The lowest BCUT2D eigenvalue weighted by Gasteiger charge is -2.38. The number of likely N-dealkylation sites (tertiary alicyclic amines) is 1. The van der Waals surface area contributed by atoms with Crippen molar-refractivity contribution in [2.24, 2.45) is 5.41 Å². The lowest BCUT2D eigenvalue weighted by molar-refractivity contribution is -0.137. The van der Waals surface area contributed by atoms with Gasteiger partial charge in [0.1, 0.15) is 11.9 Å². The second-order valence-electron chi connectivity index (χ2n) is 11.0. The van der Waals surface area contributed by atoms with Crippen LogP contribution in [0, 0.1) is 42.2 Å². The molecule has 9 nitrogen and oxygen atoms in total. The minimum absolute atomic E-state index is 0.0791. The largest absolute Gasteiger partial charge is 0.448 e. The third-order valence-electron chi connectivity index (χ3n) is 7.40. The number of hydrogen-bond donors (Lipinski definition) is 2. The predicted molar refractivity (Wildman–Crippen MR) is 151 cm³/mol. The van der Waals surface area contributed by atoms with Crippen molar-refractivity contribution in [3.8, 4) is 17.6 Å². The van der Waals surface area contributed by atoms with Gasteiger partial charge in [-0.25, -0.2) is 13.9 Å². The number of nitriles is 1. The number of ether oxygens (including phenoxy) is 1. The first-order valence-electron chi connectivity index (χ1n) is 13.3. The highest BCUT2D eigenvalue weighted by Crippen LogP contribution is 2.44. The second-order valence-corrected chi connectivity index (χ2v) is 11.4.